The van der Waals surface area contributed by atoms with E-state index < -0.39 is 11.9 Å². The van der Waals surface area contributed by atoms with Gasteiger partial charge in [-0.2, -0.15) is 13.2 Å². The van der Waals surface area contributed by atoms with Crippen molar-refractivity contribution in [3.05, 3.63) is 33.9 Å². The first-order valence-electron chi connectivity index (χ1n) is 6.11. The van der Waals surface area contributed by atoms with Crippen molar-refractivity contribution in [2.75, 3.05) is 5.32 Å². The SMILES string of the molecule is FC(F)(F)c1ccc(NCc2scnc2C2CC2)nn1. The van der Waals surface area contributed by atoms with E-state index in [0.29, 0.717) is 18.3 Å². The summed E-state index contributed by atoms with van der Waals surface area (Å²) < 4.78 is 37.0. The van der Waals surface area contributed by atoms with Gasteiger partial charge in [0, 0.05) is 10.8 Å². The molecule has 106 valence electrons. The van der Waals surface area contributed by atoms with E-state index in [1.165, 1.54) is 6.07 Å². The molecule has 1 fully saturated rings. The molecule has 0 amide bonds. The molecule has 0 atom stereocenters. The van der Waals surface area contributed by atoms with Gasteiger partial charge in [0.15, 0.2) is 5.69 Å². The van der Waals surface area contributed by atoms with Gasteiger partial charge in [0.25, 0.3) is 0 Å². The molecule has 0 saturated heterocycles. The molecule has 2 aromatic heterocycles. The number of aromatic nitrogens is 3. The molecule has 1 aliphatic carbocycles. The van der Waals surface area contributed by atoms with Crippen LogP contribution in [0.2, 0.25) is 0 Å². The standard InChI is InChI=1S/C12H11F3N4S/c13-12(14,15)9-3-4-10(19-18-9)16-5-8-11(7-1-2-7)17-6-20-8/h3-4,6-7H,1-2,5H2,(H,16,19). The molecule has 0 aliphatic heterocycles. The minimum atomic E-state index is -4.46. The summed E-state index contributed by atoms with van der Waals surface area (Å²) in [6.07, 6.45) is -2.13. The molecular weight excluding hydrogens is 289 g/mol. The van der Waals surface area contributed by atoms with Crippen molar-refractivity contribution >= 4 is 17.2 Å². The third-order valence-corrected chi connectivity index (χ3v) is 3.87. The van der Waals surface area contributed by atoms with Gasteiger partial charge in [-0.1, -0.05) is 0 Å². The lowest BCUT2D eigenvalue weighted by Crippen LogP contribution is -2.10. The highest BCUT2D eigenvalue weighted by Gasteiger charge is 2.33. The van der Waals surface area contributed by atoms with Gasteiger partial charge < -0.3 is 5.32 Å². The maximum absolute atomic E-state index is 12.3. The second-order valence-corrected chi connectivity index (χ2v) is 5.53. The topological polar surface area (TPSA) is 50.7 Å². The summed E-state index contributed by atoms with van der Waals surface area (Å²) >= 11 is 1.54. The molecule has 0 radical (unpaired) electrons. The first kappa shape index (κ1) is 13.3. The highest BCUT2D eigenvalue weighted by molar-refractivity contribution is 7.09. The molecule has 1 aliphatic rings. The number of nitrogens with zero attached hydrogens (tertiary/aromatic N) is 3. The van der Waals surface area contributed by atoms with E-state index in [1.54, 1.807) is 16.8 Å². The molecule has 1 N–H and O–H groups in total. The first-order valence-corrected chi connectivity index (χ1v) is 6.99. The zero-order valence-electron chi connectivity index (χ0n) is 10.3. The molecule has 20 heavy (non-hydrogen) atoms. The van der Waals surface area contributed by atoms with Crippen molar-refractivity contribution in [2.24, 2.45) is 0 Å². The van der Waals surface area contributed by atoms with E-state index in [-0.39, 0.29) is 0 Å². The Balaban J connectivity index is 1.65. The van der Waals surface area contributed by atoms with Crippen molar-refractivity contribution in [2.45, 2.75) is 31.5 Å². The maximum Gasteiger partial charge on any atom is 0.435 e. The van der Waals surface area contributed by atoms with Crippen LogP contribution in [-0.2, 0) is 12.7 Å². The third-order valence-electron chi connectivity index (χ3n) is 3.02. The van der Waals surface area contributed by atoms with E-state index in [2.05, 4.69) is 20.5 Å². The van der Waals surface area contributed by atoms with Crippen molar-refractivity contribution in [1.29, 1.82) is 0 Å². The van der Waals surface area contributed by atoms with Gasteiger partial charge in [0.1, 0.15) is 5.82 Å². The number of nitrogens with one attached hydrogen (secondary N) is 1. The highest BCUT2D eigenvalue weighted by atomic mass is 32.1. The van der Waals surface area contributed by atoms with E-state index in [9.17, 15) is 13.2 Å². The Bertz CT molecular complexity index is 589. The van der Waals surface area contributed by atoms with Crippen LogP contribution in [0.25, 0.3) is 0 Å². The fraction of sp³-hybridized carbons (Fsp3) is 0.417. The first-order chi connectivity index (χ1) is 9.54. The van der Waals surface area contributed by atoms with Gasteiger partial charge >= 0.3 is 6.18 Å². The maximum atomic E-state index is 12.3. The summed E-state index contributed by atoms with van der Waals surface area (Å²) in [5.41, 5.74) is 1.91. The van der Waals surface area contributed by atoms with Gasteiger partial charge in [-0.15, -0.1) is 21.5 Å². The normalized spacial score (nSPS) is 15.3. The predicted octanol–water partition coefficient (Wildman–Crippen LogP) is 3.44. The molecule has 2 aromatic rings. The molecule has 0 bridgehead atoms. The molecule has 2 heterocycles. The number of thiazole rings is 1. The van der Waals surface area contributed by atoms with Crippen LogP contribution in [-0.4, -0.2) is 15.2 Å². The van der Waals surface area contributed by atoms with Gasteiger partial charge in [-0.25, -0.2) is 4.98 Å². The molecule has 3 rings (SSSR count). The smallest absolute Gasteiger partial charge is 0.364 e. The number of alkyl halides is 3. The van der Waals surface area contributed by atoms with Crippen LogP contribution in [0, 0.1) is 0 Å². The van der Waals surface area contributed by atoms with Crippen molar-refractivity contribution in [3.63, 3.8) is 0 Å². The van der Waals surface area contributed by atoms with Gasteiger partial charge in [0.2, 0.25) is 0 Å². The van der Waals surface area contributed by atoms with Crippen LogP contribution in [0.3, 0.4) is 0 Å². The van der Waals surface area contributed by atoms with Crippen LogP contribution < -0.4 is 5.32 Å². The molecule has 4 nitrogen and oxygen atoms in total. The van der Waals surface area contributed by atoms with E-state index in [4.69, 9.17) is 0 Å². The largest absolute Gasteiger partial charge is 0.435 e. The minimum Gasteiger partial charge on any atom is -0.364 e. The molecule has 1 saturated carbocycles. The number of hydrogen-bond acceptors (Lipinski definition) is 5. The molecule has 0 aromatic carbocycles. The summed E-state index contributed by atoms with van der Waals surface area (Å²) in [6, 6.07) is 2.21. The number of hydrogen-bond donors (Lipinski definition) is 1. The van der Waals surface area contributed by atoms with E-state index in [0.717, 1.165) is 29.5 Å². The van der Waals surface area contributed by atoms with Gasteiger partial charge in [-0.05, 0) is 25.0 Å². The number of halogens is 3. The van der Waals surface area contributed by atoms with Crippen LogP contribution in [0.1, 0.15) is 35.0 Å². The van der Waals surface area contributed by atoms with Crippen molar-refractivity contribution in [1.82, 2.24) is 15.2 Å². The summed E-state index contributed by atoms with van der Waals surface area (Å²) in [6.45, 7) is 0.510. The average Bonchev–Trinajstić information content (AvgIpc) is 3.15. The Hall–Kier alpha value is -1.70. The fourth-order valence-corrected chi connectivity index (χ4v) is 2.64. The lowest BCUT2D eigenvalue weighted by atomic mass is 10.2. The van der Waals surface area contributed by atoms with Gasteiger partial charge in [-0.3, -0.25) is 0 Å². The highest BCUT2D eigenvalue weighted by Crippen LogP contribution is 2.41. The Morgan fingerprint density at radius 2 is 2.05 bits per heavy atom. The van der Waals surface area contributed by atoms with Crippen LogP contribution in [0.4, 0.5) is 19.0 Å². The lowest BCUT2D eigenvalue weighted by Gasteiger charge is -2.07. The summed E-state index contributed by atoms with van der Waals surface area (Å²) in [7, 11) is 0. The predicted molar refractivity (Wildman–Crippen MR) is 68.4 cm³/mol. The van der Waals surface area contributed by atoms with Crippen LogP contribution >= 0.6 is 11.3 Å². The summed E-state index contributed by atoms with van der Waals surface area (Å²) in [5.74, 6) is 0.880. The average molecular weight is 300 g/mol. The monoisotopic (exact) mass is 300 g/mol. The van der Waals surface area contributed by atoms with Crippen LogP contribution in [0.15, 0.2) is 17.6 Å². The number of anilines is 1. The molecule has 8 heteroatoms. The molecule has 0 spiro atoms. The summed E-state index contributed by atoms with van der Waals surface area (Å²) in [5, 5.41) is 9.69. The minimum absolute atomic E-state index is 0.327. The summed E-state index contributed by atoms with van der Waals surface area (Å²) in [4.78, 5) is 5.44. The van der Waals surface area contributed by atoms with E-state index >= 15 is 0 Å². The Morgan fingerprint density at radius 1 is 1.25 bits per heavy atom. The molecule has 0 unspecified atom stereocenters. The fourth-order valence-electron chi connectivity index (χ4n) is 1.85. The van der Waals surface area contributed by atoms with Crippen LogP contribution in [0.5, 0.6) is 0 Å². The Labute approximate surface area is 117 Å². The second-order valence-electron chi connectivity index (χ2n) is 4.59. The Morgan fingerprint density at radius 3 is 2.65 bits per heavy atom. The van der Waals surface area contributed by atoms with Gasteiger partial charge in [0.05, 0.1) is 17.7 Å². The van der Waals surface area contributed by atoms with Crippen molar-refractivity contribution in [3.8, 4) is 0 Å². The molecular formula is C12H11F3N4S. The quantitative estimate of drug-likeness (QED) is 0.939. The zero-order chi connectivity index (χ0) is 14.2. The van der Waals surface area contributed by atoms with Crippen molar-refractivity contribution < 1.29 is 13.2 Å². The Kier molecular flexibility index (Phi) is 3.33. The van der Waals surface area contributed by atoms with E-state index in [1.807, 2.05) is 0 Å². The second kappa shape index (κ2) is 5.01. The zero-order valence-corrected chi connectivity index (χ0v) is 11.1. The lowest BCUT2D eigenvalue weighted by molar-refractivity contribution is -0.141. The third kappa shape index (κ3) is 2.90. The number of rotatable bonds is 4.